The highest BCUT2D eigenvalue weighted by atomic mass is 16.7. The van der Waals surface area contributed by atoms with Crippen molar-refractivity contribution in [3.63, 3.8) is 0 Å². The van der Waals surface area contributed by atoms with Gasteiger partial charge < -0.3 is 9.47 Å². The van der Waals surface area contributed by atoms with E-state index < -0.39 is 0 Å². The van der Waals surface area contributed by atoms with Crippen LogP contribution >= 0.6 is 0 Å². The molecule has 1 aliphatic rings. The van der Waals surface area contributed by atoms with Gasteiger partial charge in [-0.15, -0.1) is 0 Å². The van der Waals surface area contributed by atoms with Crippen LogP contribution in [0.1, 0.15) is 33.6 Å². The monoisotopic (exact) mass is 170 g/mol. The molecule has 1 fully saturated rings. The fourth-order valence-corrected chi connectivity index (χ4v) is 1.24. The second-order valence-corrected chi connectivity index (χ2v) is 4.37. The van der Waals surface area contributed by atoms with Crippen LogP contribution in [0.25, 0.3) is 0 Å². The predicted molar refractivity (Wildman–Crippen MR) is 47.6 cm³/mol. The Labute approximate surface area is 75.2 Å². The molecule has 1 rings (SSSR count). The molecule has 0 spiro atoms. The van der Waals surface area contributed by atoms with Gasteiger partial charge in [-0.2, -0.15) is 0 Å². The van der Waals surface area contributed by atoms with Crippen molar-refractivity contribution in [2.24, 2.45) is 5.41 Å². The standard InChI is InChI=1S/C10H18O2/c1-5-6-8-7-11-9(12-8)10(2,3)4/h1,8-9H,5-7H2,2-4H3. The fourth-order valence-electron chi connectivity index (χ4n) is 1.24. The zero-order valence-corrected chi connectivity index (χ0v) is 8.17. The lowest BCUT2D eigenvalue weighted by Crippen LogP contribution is -2.27. The first-order chi connectivity index (χ1) is 5.54. The van der Waals surface area contributed by atoms with E-state index in [9.17, 15) is 0 Å². The summed E-state index contributed by atoms with van der Waals surface area (Å²) in [4.78, 5) is 0. The maximum Gasteiger partial charge on any atom is 0.162 e. The highest BCUT2D eigenvalue weighted by Crippen LogP contribution is 2.29. The number of hydrogen-bond acceptors (Lipinski definition) is 2. The Morgan fingerprint density at radius 3 is 2.50 bits per heavy atom. The van der Waals surface area contributed by atoms with E-state index in [4.69, 9.17) is 16.4 Å². The summed E-state index contributed by atoms with van der Waals surface area (Å²) >= 11 is 0. The Balaban J connectivity index is 2.35. The third-order valence-corrected chi connectivity index (χ3v) is 1.95. The molecule has 0 bridgehead atoms. The molecule has 0 N–H and O–H groups in total. The lowest BCUT2D eigenvalue weighted by Gasteiger charge is -2.25. The van der Waals surface area contributed by atoms with Gasteiger partial charge in [-0.3, -0.25) is 0 Å². The minimum absolute atomic E-state index is 0.0611. The first kappa shape index (κ1) is 10.0. The molecule has 1 aliphatic heterocycles. The van der Waals surface area contributed by atoms with Crippen LogP contribution in [0.15, 0.2) is 0 Å². The zero-order valence-electron chi connectivity index (χ0n) is 8.17. The van der Waals surface area contributed by atoms with Crippen molar-refractivity contribution in [3.8, 4) is 0 Å². The van der Waals surface area contributed by atoms with E-state index in [0.717, 1.165) is 6.42 Å². The molecule has 0 saturated carbocycles. The molecular formula is C10H18O2. The van der Waals surface area contributed by atoms with Gasteiger partial charge in [0.05, 0.1) is 12.7 Å². The molecule has 70 valence electrons. The van der Waals surface area contributed by atoms with Crippen molar-refractivity contribution in [1.29, 1.82) is 0 Å². The molecular weight excluding hydrogens is 152 g/mol. The Kier molecular flexibility index (Phi) is 3.13. The lowest BCUT2D eigenvalue weighted by atomic mass is 9.96. The van der Waals surface area contributed by atoms with E-state index >= 15 is 0 Å². The molecule has 2 nitrogen and oxygen atoms in total. The van der Waals surface area contributed by atoms with Crippen LogP contribution in [0.5, 0.6) is 0 Å². The van der Waals surface area contributed by atoms with Crippen LogP contribution in [0.2, 0.25) is 0 Å². The van der Waals surface area contributed by atoms with Gasteiger partial charge in [-0.1, -0.05) is 20.8 Å². The summed E-state index contributed by atoms with van der Waals surface area (Å²) in [6, 6.07) is 0. The maximum atomic E-state index is 5.66. The van der Waals surface area contributed by atoms with E-state index in [0.29, 0.717) is 13.0 Å². The topological polar surface area (TPSA) is 18.5 Å². The normalized spacial score (nSPS) is 31.0. The van der Waals surface area contributed by atoms with Gasteiger partial charge >= 0.3 is 0 Å². The van der Waals surface area contributed by atoms with Crippen LogP contribution in [0, 0.1) is 12.3 Å². The largest absolute Gasteiger partial charge is 0.349 e. The summed E-state index contributed by atoms with van der Waals surface area (Å²) in [6.07, 6.45) is 1.71. The minimum atomic E-state index is -0.0611. The minimum Gasteiger partial charge on any atom is -0.349 e. The third kappa shape index (κ3) is 2.46. The van der Waals surface area contributed by atoms with E-state index in [1.165, 1.54) is 0 Å². The van der Waals surface area contributed by atoms with Crippen LogP contribution in [-0.4, -0.2) is 19.0 Å². The Bertz CT molecular complexity index is 137. The summed E-state index contributed by atoms with van der Waals surface area (Å²) in [5.41, 5.74) is 0.0728. The first-order valence-electron chi connectivity index (χ1n) is 4.51. The molecule has 2 atom stereocenters. The Hall–Kier alpha value is -0.0800. The molecule has 0 aromatic carbocycles. The van der Waals surface area contributed by atoms with Gasteiger partial charge in [0.2, 0.25) is 0 Å². The molecule has 1 saturated heterocycles. The van der Waals surface area contributed by atoms with Crippen molar-refractivity contribution < 1.29 is 9.47 Å². The van der Waals surface area contributed by atoms with Gasteiger partial charge in [-0.25, -0.2) is 0 Å². The molecule has 0 aromatic rings. The molecule has 2 heteroatoms. The van der Waals surface area contributed by atoms with Crippen LogP contribution < -0.4 is 0 Å². The van der Waals surface area contributed by atoms with Crippen molar-refractivity contribution in [1.82, 2.24) is 0 Å². The summed E-state index contributed by atoms with van der Waals surface area (Å²) < 4.78 is 11.2. The van der Waals surface area contributed by atoms with Crippen molar-refractivity contribution in [2.45, 2.75) is 46.0 Å². The molecule has 12 heavy (non-hydrogen) atoms. The smallest absolute Gasteiger partial charge is 0.162 e. The summed E-state index contributed by atoms with van der Waals surface area (Å²) in [5, 5.41) is 0. The molecule has 0 aromatic heterocycles. The van der Waals surface area contributed by atoms with Gasteiger partial charge in [0, 0.05) is 5.41 Å². The fraction of sp³-hybridized carbons (Fsp3) is 0.900. The zero-order chi connectivity index (χ0) is 9.19. The van der Waals surface area contributed by atoms with Crippen LogP contribution in [0.4, 0.5) is 0 Å². The van der Waals surface area contributed by atoms with E-state index in [2.05, 4.69) is 20.8 Å². The van der Waals surface area contributed by atoms with E-state index in [1.54, 1.807) is 0 Å². The summed E-state index contributed by atoms with van der Waals surface area (Å²) in [6.45, 7) is 12.5. The Morgan fingerprint density at radius 1 is 1.42 bits per heavy atom. The quantitative estimate of drug-likeness (QED) is 0.633. The van der Waals surface area contributed by atoms with Crippen molar-refractivity contribution in [2.75, 3.05) is 6.61 Å². The van der Waals surface area contributed by atoms with Crippen LogP contribution in [0.3, 0.4) is 0 Å². The van der Waals surface area contributed by atoms with Gasteiger partial charge in [0.1, 0.15) is 0 Å². The average molecular weight is 170 g/mol. The third-order valence-electron chi connectivity index (χ3n) is 1.95. The van der Waals surface area contributed by atoms with Crippen LogP contribution in [-0.2, 0) is 9.47 Å². The second-order valence-electron chi connectivity index (χ2n) is 4.37. The lowest BCUT2D eigenvalue weighted by molar-refractivity contribution is -0.124. The predicted octanol–water partition coefficient (Wildman–Crippen LogP) is 2.27. The van der Waals surface area contributed by atoms with Crippen molar-refractivity contribution in [3.05, 3.63) is 6.92 Å². The van der Waals surface area contributed by atoms with Gasteiger partial charge in [0.25, 0.3) is 0 Å². The summed E-state index contributed by atoms with van der Waals surface area (Å²) in [5.74, 6) is 0. The SMILES string of the molecule is [CH]CCC1COC(C(C)(C)C)O1. The van der Waals surface area contributed by atoms with Gasteiger partial charge in [-0.05, 0) is 19.8 Å². The average Bonchev–Trinajstić information content (AvgIpc) is 2.35. The second kappa shape index (κ2) is 3.75. The highest BCUT2D eigenvalue weighted by Gasteiger charge is 2.34. The molecule has 2 unspecified atom stereocenters. The molecule has 2 radical (unpaired) electrons. The maximum absolute atomic E-state index is 5.66. The highest BCUT2D eigenvalue weighted by molar-refractivity contribution is 4.74. The number of rotatable bonds is 2. The molecule has 0 aliphatic carbocycles. The molecule has 1 heterocycles. The summed E-state index contributed by atoms with van der Waals surface area (Å²) in [7, 11) is 0. The van der Waals surface area contributed by atoms with E-state index in [1.807, 2.05) is 0 Å². The first-order valence-corrected chi connectivity index (χ1v) is 4.51. The van der Waals surface area contributed by atoms with E-state index in [-0.39, 0.29) is 17.8 Å². The van der Waals surface area contributed by atoms with Crippen molar-refractivity contribution >= 4 is 0 Å². The number of ether oxygens (including phenoxy) is 2. The molecule has 0 amide bonds. The van der Waals surface area contributed by atoms with Gasteiger partial charge in [0.15, 0.2) is 6.29 Å². The Morgan fingerprint density at radius 2 is 2.08 bits per heavy atom. The number of hydrogen-bond donors (Lipinski definition) is 0.